The van der Waals surface area contributed by atoms with Crippen molar-refractivity contribution in [1.82, 2.24) is 4.98 Å². The van der Waals surface area contributed by atoms with Crippen LogP contribution in [0.25, 0.3) is 22.6 Å². The number of nitrogens with zero attached hydrogens (tertiary/aromatic N) is 1. The largest absolute Gasteiger partial charge is 0.436 e. The van der Waals surface area contributed by atoms with Gasteiger partial charge in [-0.2, -0.15) is 0 Å². The minimum atomic E-state index is -0.244. The molecular formula is C21H14Cl2N2O2. The predicted molar refractivity (Wildman–Crippen MR) is 109 cm³/mol. The van der Waals surface area contributed by atoms with E-state index >= 15 is 0 Å². The van der Waals surface area contributed by atoms with E-state index in [4.69, 9.17) is 27.6 Å². The minimum Gasteiger partial charge on any atom is -0.436 e. The van der Waals surface area contributed by atoms with Crippen molar-refractivity contribution >= 4 is 45.9 Å². The number of halogens is 2. The number of hydrogen-bond acceptors (Lipinski definition) is 3. The highest BCUT2D eigenvalue weighted by atomic mass is 35.5. The second-order valence-electron chi connectivity index (χ2n) is 6.10. The van der Waals surface area contributed by atoms with Gasteiger partial charge in [0.25, 0.3) is 5.91 Å². The standard InChI is InChI=1S/C21H14Cl2N2O2/c1-12-6-7-13(10-17(12)23)20(26)24-14-8-9-19-18(11-14)25-21(27-19)15-4-2-3-5-16(15)22/h2-11H,1H3,(H,24,26). The molecule has 0 radical (unpaired) electrons. The van der Waals surface area contributed by atoms with Gasteiger partial charge >= 0.3 is 0 Å². The van der Waals surface area contributed by atoms with Crippen LogP contribution in [0.15, 0.2) is 65.1 Å². The summed E-state index contributed by atoms with van der Waals surface area (Å²) < 4.78 is 5.78. The highest BCUT2D eigenvalue weighted by molar-refractivity contribution is 6.33. The Kier molecular flexibility index (Phi) is 4.60. The fourth-order valence-electron chi connectivity index (χ4n) is 2.69. The van der Waals surface area contributed by atoms with Crippen molar-refractivity contribution in [1.29, 1.82) is 0 Å². The van der Waals surface area contributed by atoms with Crippen molar-refractivity contribution < 1.29 is 9.21 Å². The molecule has 0 saturated carbocycles. The molecule has 1 amide bonds. The fourth-order valence-corrected chi connectivity index (χ4v) is 3.09. The number of carbonyl (C=O) groups excluding carboxylic acids is 1. The maximum atomic E-state index is 12.5. The molecule has 0 aliphatic heterocycles. The van der Waals surface area contributed by atoms with Crippen molar-refractivity contribution in [2.45, 2.75) is 6.92 Å². The highest BCUT2D eigenvalue weighted by Crippen LogP contribution is 2.30. The summed E-state index contributed by atoms with van der Waals surface area (Å²) in [5.41, 5.74) is 3.98. The van der Waals surface area contributed by atoms with E-state index in [-0.39, 0.29) is 5.91 Å². The third-order valence-electron chi connectivity index (χ3n) is 4.18. The number of oxazole rings is 1. The predicted octanol–water partition coefficient (Wildman–Crippen LogP) is 6.36. The Labute approximate surface area is 165 Å². The Morgan fingerprint density at radius 1 is 1.00 bits per heavy atom. The molecule has 0 aliphatic rings. The normalized spacial score (nSPS) is 10.9. The van der Waals surface area contributed by atoms with Gasteiger partial charge in [-0.05, 0) is 55.0 Å². The van der Waals surface area contributed by atoms with Gasteiger partial charge in [0.15, 0.2) is 5.58 Å². The van der Waals surface area contributed by atoms with Gasteiger partial charge in [0.1, 0.15) is 5.52 Å². The molecule has 0 fully saturated rings. The molecule has 1 aromatic heterocycles. The Hall–Kier alpha value is -2.82. The Bertz CT molecular complexity index is 1170. The van der Waals surface area contributed by atoms with Crippen LogP contribution in [0.3, 0.4) is 0 Å². The Balaban J connectivity index is 1.62. The quantitative estimate of drug-likeness (QED) is 0.438. The van der Waals surface area contributed by atoms with Crippen LogP contribution in [0.1, 0.15) is 15.9 Å². The zero-order chi connectivity index (χ0) is 19.0. The van der Waals surface area contributed by atoms with Crippen LogP contribution in [0.4, 0.5) is 5.69 Å². The molecule has 27 heavy (non-hydrogen) atoms. The number of anilines is 1. The summed E-state index contributed by atoms with van der Waals surface area (Å²) in [7, 11) is 0. The molecular weight excluding hydrogens is 383 g/mol. The van der Waals surface area contributed by atoms with Gasteiger partial charge in [-0.3, -0.25) is 4.79 Å². The first-order chi connectivity index (χ1) is 13.0. The average Bonchev–Trinajstić information content (AvgIpc) is 3.07. The Morgan fingerprint density at radius 2 is 1.81 bits per heavy atom. The molecule has 4 rings (SSSR count). The van der Waals surface area contributed by atoms with E-state index < -0.39 is 0 Å². The van der Waals surface area contributed by atoms with Gasteiger partial charge in [0, 0.05) is 16.3 Å². The molecule has 3 aromatic carbocycles. The summed E-state index contributed by atoms with van der Waals surface area (Å²) in [6, 6.07) is 17.8. The third kappa shape index (κ3) is 3.54. The summed E-state index contributed by atoms with van der Waals surface area (Å²) in [4.78, 5) is 16.9. The number of aryl methyl sites for hydroxylation is 1. The van der Waals surface area contributed by atoms with E-state index in [0.717, 1.165) is 11.1 Å². The second-order valence-corrected chi connectivity index (χ2v) is 6.91. The van der Waals surface area contributed by atoms with Gasteiger partial charge in [0.2, 0.25) is 5.89 Å². The lowest BCUT2D eigenvalue weighted by atomic mass is 10.1. The number of aromatic nitrogens is 1. The number of benzene rings is 3. The van der Waals surface area contributed by atoms with Crippen LogP contribution >= 0.6 is 23.2 Å². The SMILES string of the molecule is Cc1ccc(C(=O)Nc2ccc3oc(-c4ccccc4Cl)nc3c2)cc1Cl. The minimum absolute atomic E-state index is 0.244. The number of carbonyl (C=O) groups is 1. The van der Waals surface area contributed by atoms with Crippen LogP contribution in [0.5, 0.6) is 0 Å². The molecule has 4 nitrogen and oxygen atoms in total. The van der Waals surface area contributed by atoms with Crippen LogP contribution < -0.4 is 5.32 Å². The summed E-state index contributed by atoms with van der Waals surface area (Å²) in [5.74, 6) is 0.190. The smallest absolute Gasteiger partial charge is 0.255 e. The van der Waals surface area contributed by atoms with Gasteiger partial charge < -0.3 is 9.73 Å². The van der Waals surface area contributed by atoms with E-state index in [1.165, 1.54) is 0 Å². The molecule has 1 heterocycles. The number of hydrogen-bond donors (Lipinski definition) is 1. The molecule has 0 saturated heterocycles. The maximum Gasteiger partial charge on any atom is 0.255 e. The number of nitrogens with one attached hydrogen (secondary N) is 1. The van der Waals surface area contributed by atoms with E-state index in [0.29, 0.717) is 38.3 Å². The summed E-state index contributed by atoms with van der Waals surface area (Å²) in [5, 5.41) is 3.97. The zero-order valence-electron chi connectivity index (χ0n) is 14.3. The summed E-state index contributed by atoms with van der Waals surface area (Å²) >= 11 is 12.3. The summed E-state index contributed by atoms with van der Waals surface area (Å²) in [6.07, 6.45) is 0. The Morgan fingerprint density at radius 3 is 2.59 bits per heavy atom. The van der Waals surface area contributed by atoms with Gasteiger partial charge in [0.05, 0.1) is 10.6 Å². The van der Waals surface area contributed by atoms with Crippen LogP contribution in [0, 0.1) is 6.92 Å². The molecule has 0 aliphatic carbocycles. The van der Waals surface area contributed by atoms with Crippen molar-refractivity contribution in [3.8, 4) is 11.5 Å². The molecule has 0 atom stereocenters. The number of fused-ring (bicyclic) bond motifs is 1. The first kappa shape index (κ1) is 17.6. The lowest BCUT2D eigenvalue weighted by Gasteiger charge is -2.06. The first-order valence-electron chi connectivity index (χ1n) is 8.24. The zero-order valence-corrected chi connectivity index (χ0v) is 15.8. The van der Waals surface area contributed by atoms with Crippen LogP contribution in [0.2, 0.25) is 10.0 Å². The van der Waals surface area contributed by atoms with Crippen molar-refractivity contribution in [2.75, 3.05) is 5.32 Å². The first-order valence-corrected chi connectivity index (χ1v) is 9.00. The van der Waals surface area contributed by atoms with E-state index in [1.54, 1.807) is 36.4 Å². The van der Waals surface area contributed by atoms with Crippen LogP contribution in [-0.4, -0.2) is 10.9 Å². The van der Waals surface area contributed by atoms with Gasteiger partial charge in [-0.1, -0.05) is 41.4 Å². The van der Waals surface area contributed by atoms with Crippen molar-refractivity contribution in [2.24, 2.45) is 0 Å². The highest BCUT2D eigenvalue weighted by Gasteiger charge is 2.13. The molecule has 1 N–H and O–H groups in total. The molecule has 134 valence electrons. The van der Waals surface area contributed by atoms with Crippen molar-refractivity contribution in [3.63, 3.8) is 0 Å². The van der Waals surface area contributed by atoms with Crippen LogP contribution in [-0.2, 0) is 0 Å². The molecule has 0 spiro atoms. The topological polar surface area (TPSA) is 55.1 Å². The maximum absolute atomic E-state index is 12.5. The van der Waals surface area contributed by atoms with Gasteiger partial charge in [-0.15, -0.1) is 0 Å². The average molecular weight is 397 g/mol. The van der Waals surface area contributed by atoms with E-state index in [1.807, 2.05) is 31.2 Å². The van der Waals surface area contributed by atoms with E-state index in [2.05, 4.69) is 10.3 Å². The number of rotatable bonds is 3. The fraction of sp³-hybridized carbons (Fsp3) is 0.0476. The molecule has 0 bridgehead atoms. The molecule has 0 unspecified atom stereocenters. The lowest BCUT2D eigenvalue weighted by Crippen LogP contribution is -2.11. The second kappa shape index (κ2) is 7.06. The third-order valence-corrected chi connectivity index (χ3v) is 4.92. The monoisotopic (exact) mass is 396 g/mol. The lowest BCUT2D eigenvalue weighted by molar-refractivity contribution is 0.102. The number of amides is 1. The summed E-state index contributed by atoms with van der Waals surface area (Å²) in [6.45, 7) is 1.89. The van der Waals surface area contributed by atoms with Crippen molar-refractivity contribution in [3.05, 3.63) is 81.8 Å². The van der Waals surface area contributed by atoms with E-state index in [9.17, 15) is 4.79 Å². The molecule has 4 aromatic rings. The van der Waals surface area contributed by atoms with Gasteiger partial charge in [-0.25, -0.2) is 4.98 Å². The molecule has 6 heteroatoms.